The minimum atomic E-state index is -3.35. The van der Waals surface area contributed by atoms with Crippen LogP contribution in [0.5, 0.6) is 0 Å². The van der Waals surface area contributed by atoms with Gasteiger partial charge in [0.25, 0.3) is 10.2 Å². The van der Waals surface area contributed by atoms with Gasteiger partial charge in [0.05, 0.1) is 0 Å². The van der Waals surface area contributed by atoms with Gasteiger partial charge in [0, 0.05) is 13.6 Å². The van der Waals surface area contributed by atoms with E-state index in [1.54, 1.807) is 0 Å². The number of rotatable bonds is 8. The summed E-state index contributed by atoms with van der Waals surface area (Å²) >= 11 is 0. The van der Waals surface area contributed by atoms with Gasteiger partial charge in [-0.3, -0.25) is 0 Å². The van der Waals surface area contributed by atoms with E-state index in [0.29, 0.717) is 18.9 Å². The maximum atomic E-state index is 11.2. The van der Waals surface area contributed by atoms with E-state index < -0.39 is 10.2 Å². The summed E-state index contributed by atoms with van der Waals surface area (Å²) in [6, 6.07) is 0. The predicted molar refractivity (Wildman–Crippen MR) is 112 cm³/mol. The van der Waals surface area contributed by atoms with Crippen LogP contribution in [0.25, 0.3) is 0 Å². The van der Waals surface area contributed by atoms with Crippen molar-refractivity contribution in [2.45, 2.75) is 66.7 Å². The summed E-state index contributed by atoms with van der Waals surface area (Å²) in [4.78, 5) is 0. The molecule has 148 valence electrons. The minimum absolute atomic E-state index is 0.347. The van der Waals surface area contributed by atoms with Crippen molar-refractivity contribution in [2.24, 2.45) is 11.8 Å². The second-order valence-electron chi connectivity index (χ2n) is 5.88. The molecule has 0 aromatic carbocycles. The normalized spacial score (nSPS) is 20.1. The molecule has 2 N–H and O–H groups in total. The lowest BCUT2D eigenvalue weighted by Crippen LogP contribution is -2.34. The molecular formula is C20H40N2O2S. The zero-order chi connectivity index (χ0) is 19.9. The second-order valence-corrected chi connectivity index (χ2v) is 7.58. The molecule has 0 aliphatic heterocycles. The highest BCUT2D eigenvalue weighted by molar-refractivity contribution is 7.87. The van der Waals surface area contributed by atoms with Crippen molar-refractivity contribution in [3.63, 3.8) is 0 Å². The molecule has 0 atom stereocenters. The average molecular weight is 373 g/mol. The number of nitrogens with one attached hydrogen (secondary N) is 2. The monoisotopic (exact) mass is 372 g/mol. The van der Waals surface area contributed by atoms with Crippen molar-refractivity contribution in [1.29, 1.82) is 0 Å². The van der Waals surface area contributed by atoms with E-state index in [4.69, 9.17) is 0 Å². The Morgan fingerprint density at radius 3 is 2.04 bits per heavy atom. The zero-order valence-corrected chi connectivity index (χ0v) is 18.0. The van der Waals surface area contributed by atoms with Gasteiger partial charge in [-0.05, 0) is 31.1 Å². The number of hydrogen-bond donors (Lipinski definition) is 2. The molecule has 0 unspecified atom stereocenters. The Hall–Kier alpha value is -0.910. The summed E-state index contributed by atoms with van der Waals surface area (Å²) in [7, 11) is -1.97. The first-order chi connectivity index (χ1) is 11.8. The zero-order valence-electron chi connectivity index (χ0n) is 17.2. The highest BCUT2D eigenvalue weighted by Gasteiger charge is 2.19. The van der Waals surface area contributed by atoms with Crippen molar-refractivity contribution < 1.29 is 8.42 Å². The molecule has 5 heteroatoms. The third kappa shape index (κ3) is 13.0. The van der Waals surface area contributed by atoms with E-state index in [0.717, 1.165) is 11.5 Å². The fraction of sp³-hybridized carbons (Fsp3) is 0.700. The van der Waals surface area contributed by atoms with Crippen molar-refractivity contribution in [2.75, 3.05) is 13.6 Å². The Balaban J connectivity index is 0. The molecule has 0 aromatic rings. The first-order valence-electron chi connectivity index (χ1n) is 9.57. The molecule has 0 heterocycles. The Bertz CT molecular complexity index is 488. The summed E-state index contributed by atoms with van der Waals surface area (Å²) in [6.07, 6.45) is 9.59. The van der Waals surface area contributed by atoms with Gasteiger partial charge in [-0.15, -0.1) is 0 Å². The predicted octanol–water partition coefficient (Wildman–Crippen LogP) is 4.98. The quantitative estimate of drug-likeness (QED) is 0.591. The van der Waals surface area contributed by atoms with E-state index in [2.05, 4.69) is 29.5 Å². The van der Waals surface area contributed by atoms with Crippen LogP contribution in [0.4, 0.5) is 0 Å². The molecule has 1 saturated carbocycles. The molecule has 25 heavy (non-hydrogen) atoms. The van der Waals surface area contributed by atoms with E-state index in [1.165, 1.54) is 38.3 Å². The van der Waals surface area contributed by atoms with E-state index >= 15 is 0 Å². The van der Waals surface area contributed by atoms with Gasteiger partial charge < -0.3 is 0 Å². The van der Waals surface area contributed by atoms with Crippen LogP contribution in [0.3, 0.4) is 0 Å². The SMILES string of the molecule is C=C(/C=C\C(=C)C1CCC(C)CC1)CCNS(=O)(=O)NC.CC.CC. The van der Waals surface area contributed by atoms with Crippen LogP contribution in [-0.4, -0.2) is 22.0 Å². The number of hydrogen-bond acceptors (Lipinski definition) is 2. The lowest BCUT2D eigenvalue weighted by molar-refractivity contribution is 0.324. The summed E-state index contributed by atoms with van der Waals surface area (Å²) in [5.41, 5.74) is 2.07. The molecule has 0 saturated heterocycles. The Labute approximate surface area is 157 Å². The van der Waals surface area contributed by atoms with Crippen LogP contribution < -0.4 is 9.44 Å². The third-order valence-corrected chi connectivity index (χ3v) is 5.20. The smallest absolute Gasteiger partial charge is 0.205 e. The van der Waals surface area contributed by atoms with Crippen LogP contribution in [0, 0.1) is 11.8 Å². The molecule has 0 bridgehead atoms. The molecule has 0 amide bonds. The van der Waals surface area contributed by atoms with Gasteiger partial charge in [0.2, 0.25) is 0 Å². The average Bonchev–Trinajstić information content (AvgIpc) is 2.63. The van der Waals surface area contributed by atoms with E-state index in [1.807, 2.05) is 39.8 Å². The van der Waals surface area contributed by atoms with E-state index in [-0.39, 0.29) is 0 Å². The first-order valence-corrected chi connectivity index (χ1v) is 11.0. The lowest BCUT2D eigenvalue weighted by Gasteiger charge is -2.26. The van der Waals surface area contributed by atoms with Crippen LogP contribution in [0.15, 0.2) is 36.5 Å². The van der Waals surface area contributed by atoms with Crippen molar-refractivity contribution in [3.8, 4) is 0 Å². The van der Waals surface area contributed by atoms with Gasteiger partial charge in [0.15, 0.2) is 0 Å². The number of allylic oxidation sites excluding steroid dienone is 3. The van der Waals surface area contributed by atoms with Gasteiger partial charge in [-0.1, -0.05) is 83.9 Å². The summed E-state index contributed by atoms with van der Waals surface area (Å²) in [5, 5.41) is 0. The van der Waals surface area contributed by atoms with Crippen LogP contribution in [-0.2, 0) is 10.2 Å². The van der Waals surface area contributed by atoms with E-state index in [9.17, 15) is 8.42 Å². The van der Waals surface area contributed by atoms with Crippen molar-refractivity contribution in [1.82, 2.24) is 9.44 Å². The summed E-state index contributed by atoms with van der Waals surface area (Å²) < 4.78 is 27.0. The largest absolute Gasteiger partial charge is 0.276 e. The fourth-order valence-electron chi connectivity index (χ4n) is 2.49. The second kappa shape index (κ2) is 15.4. The molecular weight excluding hydrogens is 332 g/mol. The van der Waals surface area contributed by atoms with Crippen LogP contribution in [0.1, 0.15) is 66.7 Å². The Morgan fingerprint density at radius 1 is 1.04 bits per heavy atom. The fourth-order valence-corrected chi connectivity index (χ4v) is 3.01. The standard InChI is InChI=1S/C16H28N2O2S.2C2H6/c1-13-6-9-16(10-7-13)15(3)8-5-14(2)11-12-18-21(19,20)17-4;2*1-2/h5,8,13,16-18H,2-3,6-7,9-12H2,1,4H3;2*1-2H3/b8-5-;;. The molecule has 0 aromatic heterocycles. The first kappa shape index (κ1) is 26.3. The minimum Gasteiger partial charge on any atom is -0.205 e. The molecule has 4 nitrogen and oxygen atoms in total. The lowest BCUT2D eigenvalue weighted by atomic mass is 9.79. The van der Waals surface area contributed by atoms with Crippen LogP contribution >= 0.6 is 0 Å². The molecule has 1 rings (SSSR count). The molecule has 1 aliphatic carbocycles. The molecule has 0 radical (unpaired) electrons. The van der Waals surface area contributed by atoms with Crippen molar-refractivity contribution in [3.05, 3.63) is 36.5 Å². The highest BCUT2D eigenvalue weighted by Crippen LogP contribution is 2.32. The highest BCUT2D eigenvalue weighted by atomic mass is 32.2. The Morgan fingerprint density at radius 2 is 1.56 bits per heavy atom. The van der Waals surface area contributed by atoms with Crippen molar-refractivity contribution >= 4 is 10.2 Å². The van der Waals surface area contributed by atoms with Gasteiger partial charge in [-0.25, -0.2) is 9.44 Å². The van der Waals surface area contributed by atoms with Gasteiger partial charge >= 0.3 is 0 Å². The summed E-state index contributed by atoms with van der Waals surface area (Å²) in [5.74, 6) is 1.43. The maximum Gasteiger partial charge on any atom is 0.276 e. The summed E-state index contributed by atoms with van der Waals surface area (Å²) in [6.45, 7) is 18.8. The van der Waals surface area contributed by atoms with Crippen LogP contribution in [0.2, 0.25) is 0 Å². The van der Waals surface area contributed by atoms with Gasteiger partial charge in [0.1, 0.15) is 0 Å². The molecule has 1 fully saturated rings. The molecule has 1 aliphatic rings. The third-order valence-electron chi connectivity index (χ3n) is 4.08. The Kier molecular flexibility index (Phi) is 16.2. The topological polar surface area (TPSA) is 58.2 Å². The molecule has 0 spiro atoms. The maximum absolute atomic E-state index is 11.2. The van der Waals surface area contributed by atoms with Gasteiger partial charge in [-0.2, -0.15) is 8.42 Å².